The first-order chi connectivity index (χ1) is 9.83. The molecular formula is C14H18N2O4S. The highest BCUT2D eigenvalue weighted by atomic mass is 32.2. The summed E-state index contributed by atoms with van der Waals surface area (Å²) < 4.78 is 37.5. The van der Waals surface area contributed by atoms with Crippen molar-refractivity contribution in [2.75, 3.05) is 7.11 Å². The number of ether oxygens (including phenoxy) is 1. The fraction of sp³-hybridized carbons (Fsp3) is 0.357. The molecule has 0 fully saturated rings. The molecule has 7 heteroatoms. The van der Waals surface area contributed by atoms with E-state index in [9.17, 15) is 8.42 Å². The molecule has 0 unspecified atom stereocenters. The lowest BCUT2D eigenvalue weighted by Crippen LogP contribution is -2.24. The summed E-state index contributed by atoms with van der Waals surface area (Å²) in [7, 11) is -2.06. The molecule has 0 atom stereocenters. The van der Waals surface area contributed by atoms with Crippen molar-refractivity contribution in [2.24, 2.45) is 0 Å². The van der Waals surface area contributed by atoms with E-state index < -0.39 is 10.0 Å². The van der Waals surface area contributed by atoms with E-state index in [4.69, 9.17) is 9.15 Å². The molecule has 1 aromatic carbocycles. The first-order valence-electron chi connectivity index (χ1n) is 6.39. The lowest BCUT2D eigenvalue weighted by Gasteiger charge is -2.12. The Morgan fingerprint density at radius 1 is 1.24 bits per heavy atom. The minimum Gasteiger partial charge on any atom is -0.496 e. The monoisotopic (exact) mass is 310 g/mol. The number of sulfonamides is 1. The van der Waals surface area contributed by atoms with Crippen LogP contribution in [0.15, 0.2) is 27.7 Å². The number of hydrogen-bond donors (Lipinski definition) is 1. The Hall–Kier alpha value is -1.86. The topological polar surface area (TPSA) is 81.4 Å². The average molecular weight is 310 g/mol. The van der Waals surface area contributed by atoms with Gasteiger partial charge in [-0.25, -0.2) is 18.1 Å². The predicted molar refractivity (Wildman–Crippen MR) is 77.7 cm³/mol. The fourth-order valence-corrected chi connectivity index (χ4v) is 3.32. The van der Waals surface area contributed by atoms with Crippen LogP contribution in [0.4, 0.5) is 0 Å². The van der Waals surface area contributed by atoms with Crippen LogP contribution >= 0.6 is 0 Å². The van der Waals surface area contributed by atoms with Gasteiger partial charge in [-0.3, -0.25) is 0 Å². The van der Waals surface area contributed by atoms with Crippen molar-refractivity contribution in [3.63, 3.8) is 0 Å². The zero-order valence-electron chi connectivity index (χ0n) is 12.4. The molecule has 21 heavy (non-hydrogen) atoms. The summed E-state index contributed by atoms with van der Waals surface area (Å²) in [4.78, 5) is 4.30. The maximum absolute atomic E-state index is 12.4. The largest absolute Gasteiger partial charge is 0.496 e. The number of hydrogen-bond acceptors (Lipinski definition) is 5. The summed E-state index contributed by atoms with van der Waals surface area (Å²) in [6, 6.07) is 3.31. The maximum atomic E-state index is 12.4. The van der Waals surface area contributed by atoms with Crippen LogP contribution in [0.3, 0.4) is 0 Å². The summed E-state index contributed by atoms with van der Waals surface area (Å²) in [5.74, 6) is 1.17. The van der Waals surface area contributed by atoms with E-state index in [1.807, 2.05) is 0 Å². The molecule has 6 nitrogen and oxygen atoms in total. The van der Waals surface area contributed by atoms with E-state index in [2.05, 4.69) is 9.71 Å². The molecule has 114 valence electrons. The minimum atomic E-state index is -3.61. The second-order valence-corrected chi connectivity index (χ2v) is 6.51. The highest BCUT2D eigenvalue weighted by Gasteiger charge is 2.19. The third kappa shape index (κ3) is 3.43. The smallest absolute Gasteiger partial charge is 0.241 e. The Balaban J connectivity index is 2.25. The van der Waals surface area contributed by atoms with E-state index >= 15 is 0 Å². The maximum Gasteiger partial charge on any atom is 0.241 e. The highest BCUT2D eigenvalue weighted by molar-refractivity contribution is 7.89. The first kappa shape index (κ1) is 15.5. The van der Waals surface area contributed by atoms with Gasteiger partial charge in [0.15, 0.2) is 5.89 Å². The second-order valence-electron chi connectivity index (χ2n) is 4.77. The highest BCUT2D eigenvalue weighted by Crippen LogP contribution is 2.25. The van der Waals surface area contributed by atoms with Crippen molar-refractivity contribution < 1.29 is 17.6 Å². The van der Waals surface area contributed by atoms with Crippen LogP contribution < -0.4 is 9.46 Å². The van der Waals surface area contributed by atoms with Gasteiger partial charge in [-0.15, -0.1) is 0 Å². The van der Waals surface area contributed by atoms with Crippen molar-refractivity contribution >= 4 is 10.0 Å². The Labute approximate surface area is 124 Å². The van der Waals surface area contributed by atoms with Crippen molar-refractivity contribution in [3.05, 3.63) is 41.1 Å². The van der Waals surface area contributed by atoms with Gasteiger partial charge < -0.3 is 9.15 Å². The molecule has 0 radical (unpaired) electrons. The van der Waals surface area contributed by atoms with Crippen molar-refractivity contribution in [2.45, 2.75) is 32.2 Å². The van der Waals surface area contributed by atoms with Crippen LogP contribution in [0, 0.1) is 20.8 Å². The first-order valence-corrected chi connectivity index (χ1v) is 7.87. The molecule has 0 spiro atoms. The van der Waals surface area contributed by atoms with Gasteiger partial charge in [0.05, 0.1) is 24.2 Å². The van der Waals surface area contributed by atoms with E-state index in [0.29, 0.717) is 22.9 Å². The predicted octanol–water partition coefficient (Wildman–Crippen LogP) is 2.09. The number of benzene rings is 1. The number of nitrogens with zero attached hydrogens (tertiary/aromatic N) is 1. The molecule has 1 N–H and O–H groups in total. The minimum absolute atomic E-state index is 0.0875. The molecule has 2 aromatic rings. The quantitative estimate of drug-likeness (QED) is 0.914. The molecule has 1 aromatic heterocycles. The van der Waals surface area contributed by atoms with E-state index in [1.54, 1.807) is 40.0 Å². The Bertz CT molecular complexity index is 750. The lowest BCUT2D eigenvalue weighted by atomic mass is 10.1. The average Bonchev–Trinajstić information content (AvgIpc) is 2.84. The van der Waals surface area contributed by atoms with E-state index in [-0.39, 0.29) is 11.4 Å². The third-order valence-corrected chi connectivity index (χ3v) is 4.64. The third-order valence-electron chi connectivity index (χ3n) is 3.09. The number of aromatic nitrogens is 1. The molecule has 0 saturated heterocycles. The van der Waals surface area contributed by atoms with Crippen LogP contribution in [0.1, 0.15) is 22.7 Å². The Kier molecular flexibility index (Phi) is 4.34. The van der Waals surface area contributed by atoms with Gasteiger partial charge in [-0.1, -0.05) is 0 Å². The normalized spacial score (nSPS) is 11.6. The summed E-state index contributed by atoms with van der Waals surface area (Å²) in [5.41, 5.74) is 1.93. The van der Waals surface area contributed by atoms with Crippen LogP contribution in [0.25, 0.3) is 0 Å². The van der Waals surface area contributed by atoms with Crippen LogP contribution in [-0.4, -0.2) is 20.5 Å². The van der Waals surface area contributed by atoms with Gasteiger partial charge >= 0.3 is 0 Å². The molecule has 0 aliphatic rings. The molecule has 0 aliphatic carbocycles. The Morgan fingerprint density at radius 2 is 1.95 bits per heavy atom. The van der Waals surface area contributed by atoms with Crippen LogP contribution in [0.2, 0.25) is 0 Å². The SMILES string of the molecule is COc1cc(C)c(S(=O)(=O)NCc2coc(C)n2)cc1C. The number of oxazole rings is 1. The lowest BCUT2D eigenvalue weighted by molar-refractivity contribution is 0.411. The van der Waals surface area contributed by atoms with Gasteiger partial charge in [0.1, 0.15) is 12.0 Å². The number of aryl methyl sites for hydroxylation is 3. The molecular weight excluding hydrogens is 292 g/mol. The molecule has 2 rings (SSSR count). The Morgan fingerprint density at radius 3 is 2.52 bits per heavy atom. The van der Waals surface area contributed by atoms with Crippen molar-refractivity contribution in [1.29, 1.82) is 0 Å². The van der Waals surface area contributed by atoms with Gasteiger partial charge in [0, 0.05) is 6.92 Å². The van der Waals surface area contributed by atoms with Gasteiger partial charge in [0.25, 0.3) is 0 Å². The van der Waals surface area contributed by atoms with E-state index in [1.165, 1.54) is 6.26 Å². The molecule has 1 heterocycles. The molecule has 0 saturated carbocycles. The standard InChI is InChI=1S/C14H18N2O4S/c1-9-6-14(10(2)5-13(9)19-4)21(17,18)15-7-12-8-20-11(3)16-12/h5-6,8,15H,7H2,1-4H3. The summed E-state index contributed by atoms with van der Waals surface area (Å²) in [5, 5.41) is 0. The van der Waals surface area contributed by atoms with E-state index in [0.717, 1.165) is 5.56 Å². The van der Waals surface area contributed by atoms with Crippen molar-refractivity contribution in [1.82, 2.24) is 9.71 Å². The second kappa shape index (κ2) is 5.87. The van der Waals surface area contributed by atoms with Crippen LogP contribution in [-0.2, 0) is 16.6 Å². The zero-order valence-corrected chi connectivity index (χ0v) is 13.2. The van der Waals surface area contributed by atoms with Crippen molar-refractivity contribution in [3.8, 4) is 5.75 Å². The van der Waals surface area contributed by atoms with Crippen LogP contribution in [0.5, 0.6) is 5.75 Å². The zero-order chi connectivity index (χ0) is 15.6. The number of methoxy groups -OCH3 is 1. The molecule has 0 aliphatic heterocycles. The number of rotatable bonds is 5. The molecule has 0 amide bonds. The number of nitrogens with one attached hydrogen (secondary N) is 1. The van der Waals surface area contributed by atoms with Gasteiger partial charge in [-0.2, -0.15) is 0 Å². The summed E-state index contributed by atoms with van der Waals surface area (Å²) in [6.07, 6.45) is 1.43. The fourth-order valence-electron chi connectivity index (χ4n) is 2.01. The summed E-state index contributed by atoms with van der Waals surface area (Å²) in [6.45, 7) is 5.33. The van der Waals surface area contributed by atoms with Gasteiger partial charge in [-0.05, 0) is 37.1 Å². The summed E-state index contributed by atoms with van der Waals surface area (Å²) >= 11 is 0. The molecule has 0 bridgehead atoms. The van der Waals surface area contributed by atoms with Gasteiger partial charge in [0.2, 0.25) is 10.0 Å².